The van der Waals surface area contributed by atoms with Gasteiger partial charge in [-0.25, -0.2) is 4.79 Å². The van der Waals surface area contributed by atoms with E-state index in [9.17, 15) is 9.59 Å². The molecular formula is C12H11ClINO4. The Balaban J connectivity index is 2.31. The van der Waals surface area contributed by atoms with Gasteiger partial charge in [-0.3, -0.25) is 4.79 Å². The summed E-state index contributed by atoms with van der Waals surface area (Å²) in [6.45, 7) is 0.614. The lowest BCUT2D eigenvalue weighted by molar-refractivity contribution is -0.147. The van der Waals surface area contributed by atoms with E-state index in [0.29, 0.717) is 17.2 Å². The zero-order chi connectivity index (χ0) is 14.0. The van der Waals surface area contributed by atoms with Crippen LogP contribution in [0.5, 0.6) is 0 Å². The summed E-state index contributed by atoms with van der Waals surface area (Å²) < 4.78 is 5.85. The van der Waals surface area contributed by atoms with E-state index in [2.05, 4.69) is 0 Å². The van der Waals surface area contributed by atoms with Crippen LogP contribution in [0.3, 0.4) is 0 Å². The van der Waals surface area contributed by atoms with Crippen molar-refractivity contribution < 1.29 is 19.4 Å². The van der Waals surface area contributed by atoms with E-state index < -0.39 is 12.0 Å². The van der Waals surface area contributed by atoms with Crippen molar-refractivity contribution in [3.8, 4) is 0 Å². The van der Waals surface area contributed by atoms with Crippen molar-refractivity contribution in [2.24, 2.45) is 0 Å². The Hall–Kier alpha value is -0.860. The number of rotatable bonds is 2. The maximum atomic E-state index is 12.4. The first-order valence-corrected chi connectivity index (χ1v) is 7.03. The van der Waals surface area contributed by atoms with E-state index in [1.54, 1.807) is 18.2 Å². The molecule has 1 aliphatic rings. The molecule has 102 valence electrons. The van der Waals surface area contributed by atoms with Crippen molar-refractivity contribution in [1.29, 1.82) is 0 Å². The number of nitrogens with zero attached hydrogens (tertiary/aromatic N) is 1. The van der Waals surface area contributed by atoms with Gasteiger partial charge < -0.3 is 14.7 Å². The molecule has 1 atom stereocenters. The molecule has 19 heavy (non-hydrogen) atoms. The number of amides is 1. The topological polar surface area (TPSA) is 66.8 Å². The maximum absolute atomic E-state index is 12.4. The fourth-order valence-electron chi connectivity index (χ4n) is 1.87. The van der Waals surface area contributed by atoms with E-state index in [-0.39, 0.29) is 19.1 Å². The van der Waals surface area contributed by atoms with Crippen LogP contribution in [0.15, 0.2) is 18.2 Å². The van der Waals surface area contributed by atoms with Gasteiger partial charge in [0, 0.05) is 15.1 Å². The van der Waals surface area contributed by atoms with Gasteiger partial charge in [0.1, 0.15) is 0 Å². The van der Waals surface area contributed by atoms with E-state index in [4.69, 9.17) is 21.4 Å². The number of carboxylic acid groups (broad SMARTS) is 1. The molecule has 1 aliphatic heterocycles. The van der Waals surface area contributed by atoms with Gasteiger partial charge >= 0.3 is 5.97 Å². The molecule has 0 bridgehead atoms. The van der Waals surface area contributed by atoms with Crippen LogP contribution in [0.2, 0.25) is 5.02 Å². The monoisotopic (exact) mass is 395 g/mol. The fourth-order valence-corrected chi connectivity index (χ4v) is 2.61. The second-order valence-electron chi connectivity index (χ2n) is 4.05. The molecule has 1 unspecified atom stereocenters. The molecule has 5 nitrogen and oxygen atoms in total. The quantitative estimate of drug-likeness (QED) is 0.777. The van der Waals surface area contributed by atoms with Crippen LogP contribution in [-0.2, 0) is 9.53 Å². The predicted octanol–water partition coefficient (Wildman–Crippen LogP) is 1.87. The minimum absolute atomic E-state index is 0.0121. The van der Waals surface area contributed by atoms with E-state index in [0.717, 1.165) is 3.57 Å². The number of ether oxygens (including phenoxy) is 1. The highest BCUT2D eigenvalue weighted by molar-refractivity contribution is 14.1. The lowest BCUT2D eigenvalue weighted by Gasteiger charge is -2.33. The van der Waals surface area contributed by atoms with Gasteiger partial charge in [-0.05, 0) is 40.8 Å². The Morgan fingerprint density at radius 1 is 1.47 bits per heavy atom. The molecule has 0 spiro atoms. The number of benzene rings is 1. The van der Waals surface area contributed by atoms with E-state index in [1.807, 2.05) is 22.6 Å². The zero-order valence-electron chi connectivity index (χ0n) is 9.81. The molecule has 1 aromatic carbocycles. The zero-order valence-corrected chi connectivity index (χ0v) is 12.7. The van der Waals surface area contributed by atoms with Crippen LogP contribution in [0.4, 0.5) is 0 Å². The summed E-state index contributed by atoms with van der Waals surface area (Å²) in [5, 5.41) is 9.57. The van der Waals surface area contributed by atoms with Crippen LogP contribution in [-0.4, -0.2) is 47.7 Å². The highest BCUT2D eigenvalue weighted by atomic mass is 127. The van der Waals surface area contributed by atoms with E-state index >= 15 is 0 Å². The number of carbonyl (C=O) groups excluding carboxylic acids is 1. The molecule has 1 heterocycles. The molecule has 1 N–H and O–H groups in total. The number of halogens is 2. The summed E-state index contributed by atoms with van der Waals surface area (Å²) in [4.78, 5) is 24.9. The average Bonchev–Trinajstić information content (AvgIpc) is 2.40. The van der Waals surface area contributed by atoms with E-state index in [1.165, 1.54) is 4.90 Å². The lowest BCUT2D eigenvalue weighted by atomic mass is 10.1. The SMILES string of the molecule is O=C(O)C1COCCN1C(=O)c1cc(Cl)ccc1I. The summed E-state index contributed by atoms with van der Waals surface area (Å²) in [5.74, 6) is -1.40. The minimum Gasteiger partial charge on any atom is -0.480 e. The first-order chi connectivity index (χ1) is 9.00. The van der Waals surface area contributed by atoms with Crippen LogP contribution < -0.4 is 0 Å². The fraction of sp³-hybridized carbons (Fsp3) is 0.333. The van der Waals surface area contributed by atoms with Crippen molar-refractivity contribution in [3.63, 3.8) is 0 Å². The summed E-state index contributed by atoms with van der Waals surface area (Å²) in [7, 11) is 0. The molecular weight excluding hydrogens is 384 g/mol. The lowest BCUT2D eigenvalue weighted by Crippen LogP contribution is -2.52. The Kier molecular flexibility index (Phi) is 4.64. The van der Waals surface area contributed by atoms with Gasteiger partial charge in [0.25, 0.3) is 5.91 Å². The van der Waals surface area contributed by atoms with Gasteiger partial charge in [0.15, 0.2) is 6.04 Å². The Bertz CT molecular complexity index is 522. The maximum Gasteiger partial charge on any atom is 0.328 e. The third-order valence-corrected chi connectivity index (χ3v) is 4.01. The molecule has 0 aromatic heterocycles. The van der Waals surface area contributed by atoms with Crippen molar-refractivity contribution in [2.75, 3.05) is 19.8 Å². The smallest absolute Gasteiger partial charge is 0.328 e. The molecule has 1 amide bonds. The third-order valence-electron chi connectivity index (χ3n) is 2.83. The third kappa shape index (κ3) is 3.18. The van der Waals surface area contributed by atoms with Crippen molar-refractivity contribution in [3.05, 3.63) is 32.4 Å². The Labute approximate surface area is 128 Å². The highest BCUT2D eigenvalue weighted by Gasteiger charge is 2.33. The Morgan fingerprint density at radius 2 is 2.21 bits per heavy atom. The van der Waals surface area contributed by atoms with Crippen LogP contribution in [0.1, 0.15) is 10.4 Å². The molecule has 7 heteroatoms. The number of carboxylic acids is 1. The van der Waals surface area contributed by atoms with Gasteiger partial charge in [0.05, 0.1) is 18.8 Å². The standard InChI is InChI=1S/C12H11ClINO4/c13-7-1-2-9(14)8(5-7)11(16)15-3-4-19-6-10(15)12(17)18/h1-2,5,10H,3-4,6H2,(H,17,18). The summed E-state index contributed by atoms with van der Waals surface area (Å²) >= 11 is 7.91. The van der Waals surface area contributed by atoms with Crippen molar-refractivity contribution in [1.82, 2.24) is 4.90 Å². The predicted molar refractivity (Wildman–Crippen MR) is 77.4 cm³/mol. The molecule has 1 aromatic rings. The van der Waals surface area contributed by atoms with Gasteiger partial charge in [-0.2, -0.15) is 0 Å². The summed E-state index contributed by atoms with van der Waals surface area (Å²) in [6.07, 6.45) is 0. The van der Waals surface area contributed by atoms with Gasteiger partial charge in [0.2, 0.25) is 0 Å². The second kappa shape index (κ2) is 6.06. The number of carbonyl (C=O) groups is 2. The average molecular weight is 396 g/mol. The van der Waals surface area contributed by atoms with Crippen LogP contribution in [0.25, 0.3) is 0 Å². The molecule has 1 fully saturated rings. The first-order valence-electron chi connectivity index (χ1n) is 5.57. The van der Waals surface area contributed by atoms with Crippen molar-refractivity contribution in [2.45, 2.75) is 6.04 Å². The van der Waals surface area contributed by atoms with Crippen LogP contribution in [0, 0.1) is 3.57 Å². The molecule has 1 saturated heterocycles. The first kappa shape index (κ1) is 14.5. The molecule has 0 radical (unpaired) electrons. The number of hydrogen-bond donors (Lipinski definition) is 1. The normalized spacial score (nSPS) is 19.3. The van der Waals surface area contributed by atoms with Crippen LogP contribution >= 0.6 is 34.2 Å². The van der Waals surface area contributed by atoms with Gasteiger partial charge in [-0.15, -0.1) is 0 Å². The van der Waals surface area contributed by atoms with Crippen molar-refractivity contribution >= 4 is 46.1 Å². The molecule has 0 saturated carbocycles. The largest absolute Gasteiger partial charge is 0.480 e. The van der Waals surface area contributed by atoms with Gasteiger partial charge in [-0.1, -0.05) is 11.6 Å². The number of aliphatic carboxylic acids is 1. The summed E-state index contributed by atoms with van der Waals surface area (Å²) in [5.41, 5.74) is 0.418. The molecule has 2 rings (SSSR count). The highest BCUT2D eigenvalue weighted by Crippen LogP contribution is 2.21. The molecule has 0 aliphatic carbocycles. The minimum atomic E-state index is -1.06. The summed E-state index contributed by atoms with van der Waals surface area (Å²) in [6, 6.07) is 4.02. The second-order valence-corrected chi connectivity index (χ2v) is 5.65. The number of morpholine rings is 1. The Morgan fingerprint density at radius 3 is 2.89 bits per heavy atom. The number of hydrogen-bond acceptors (Lipinski definition) is 3.